The van der Waals surface area contributed by atoms with Crippen molar-refractivity contribution in [2.45, 2.75) is 58.3 Å². The van der Waals surface area contributed by atoms with Gasteiger partial charge in [-0.2, -0.15) is 0 Å². The highest BCUT2D eigenvalue weighted by atomic mass is 16.5. The Kier molecular flexibility index (Phi) is 7.87. The van der Waals surface area contributed by atoms with Crippen LogP contribution < -0.4 is 4.74 Å². The first-order valence-corrected chi connectivity index (χ1v) is 9.32. The first-order chi connectivity index (χ1) is 11.7. The second-order valence-electron chi connectivity index (χ2n) is 6.85. The standard InChI is InChI=1S/C21H30O3/c1-2-3-4-6-17-8-10-18(11-9-17)7-5-16-24-20-14-12-19(13-15-20)21(22)23/h5,7,12-15,17-18H,2-4,6,8-11,16H2,1H3,(H,22,23)/t17-,18-. The summed E-state index contributed by atoms with van der Waals surface area (Å²) in [6, 6.07) is 6.56. The minimum atomic E-state index is -0.910. The van der Waals surface area contributed by atoms with E-state index < -0.39 is 5.97 Å². The number of carbonyl (C=O) groups is 1. The maximum absolute atomic E-state index is 10.8. The van der Waals surface area contributed by atoms with Crippen LogP contribution in [0.1, 0.15) is 68.6 Å². The topological polar surface area (TPSA) is 46.5 Å². The summed E-state index contributed by atoms with van der Waals surface area (Å²) in [5.74, 6) is 1.45. The predicted molar refractivity (Wildman–Crippen MR) is 97.6 cm³/mol. The van der Waals surface area contributed by atoms with Crippen molar-refractivity contribution in [2.75, 3.05) is 6.61 Å². The Morgan fingerprint density at radius 3 is 2.50 bits per heavy atom. The molecule has 1 fully saturated rings. The fourth-order valence-corrected chi connectivity index (χ4v) is 3.44. The van der Waals surface area contributed by atoms with Crippen LogP contribution in [0.5, 0.6) is 5.75 Å². The van der Waals surface area contributed by atoms with Gasteiger partial charge in [-0.05, 0) is 61.8 Å². The molecule has 0 amide bonds. The number of carboxylic acids is 1. The molecule has 0 saturated heterocycles. The van der Waals surface area contributed by atoms with E-state index in [9.17, 15) is 4.79 Å². The highest BCUT2D eigenvalue weighted by Crippen LogP contribution is 2.32. The van der Waals surface area contributed by atoms with Crippen molar-refractivity contribution in [1.29, 1.82) is 0 Å². The van der Waals surface area contributed by atoms with E-state index in [1.165, 1.54) is 51.4 Å². The Bertz CT molecular complexity index is 510. The van der Waals surface area contributed by atoms with Gasteiger partial charge in [0.2, 0.25) is 0 Å². The fourth-order valence-electron chi connectivity index (χ4n) is 3.44. The van der Waals surface area contributed by atoms with E-state index in [2.05, 4.69) is 19.1 Å². The van der Waals surface area contributed by atoms with Gasteiger partial charge in [0.25, 0.3) is 0 Å². The highest BCUT2D eigenvalue weighted by molar-refractivity contribution is 5.87. The van der Waals surface area contributed by atoms with Crippen LogP contribution >= 0.6 is 0 Å². The summed E-state index contributed by atoms with van der Waals surface area (Å²) in [4.78, 5) is 10.8. The lowest BCUT2D eigenvalue weighted by Crippen LogP contribution is -2.13. The Hall–Kier alpha value is -1.77. The zero-order valence-electron chi connectivity index (χ0n) is 14.7. The molecule has 0 bridgehead atoms. The lowest BCUT2D eigenvalue weighted by Gasteiger charge is -2.26. The van der Waals surface area contributed by atoms with Gasteiger partial charge in [0.15, 0.2) is 0 Å². The Labute approximate surface area is 145 Å². The SMILES string of the molecule is CCCCC[C@H]1CC[C@H](C=CCOc2ccc(C(=O)O)cc2)CC1. The molecule has 0 atom stereocenters. The summed E-state index contributed by atoms with van der Waals surface area (Å²) < 4.78 is 5.64. The summed E-state index contributed by atoms with van der Waals surface area (Å²) in [6.45, 7) is 2.81. The molecule has 1 aliphatic carbocycles. The summed E-state index contributed by atoms with van der Waals surface area (Å²) >= 11 is 0. The van der Waals surface area contributed by atoms with E-state index in [0.717, 1.165) is 5.92 Å². The molecular formula is C21H30O3. The summed E-state index contributed by atoms with van der Waals surface area (Å²) in [5, 5.41) is 8.86. The average molecular weight is 330 g/mol. The summed E-state index contributed by atoms with van der Waals surface area (Å²) in [7, 11) is 0. The third kappa shape index (κ3) is 6.38. The Morgan fingerprint density at radius 1 is 1.17 bits per heavy atom. The maximum atomic E-state index is 10.8. The number of carboxylic acid groups (broad SMARTS) is 1. The molecular weight excluding hydrogens is 300 g/mol. The molecule has 0 heterocycles. The van der Waals surface area contributed by atoms with Gasteiger partial charge in [-0.3, -0.25) is 0 Å². The van der Waals surface area contributed by atoms with Gasteiger partial charge in [-0.15, -0.1) is 0 Å². The largest absolute Gasteiger partial charge is 0.490 e. The first kappa shape index (κ1) is 18.6. The van der Waals surface area contributed by atoms with Gasteiger partial charge in [0.05, 0.1) is 5.56 Å². The van der Waals surface area contributed by atoms with Crippen molar-refractivity contribution in [3.8, 4) is 5.75 Å². The number of allylic oxidation sites excluding steroid dienone is 1. The van der Waals surface area contributed by atoms with Crippen molar-refractivity contribution < 1.29 is 14.6 Å². The van der Waals surface area contributed by atoms with Crippen molar-refractivity contribution in [1.82, 2.24) is 0 Å². The molecule has 0 aromatic heterocycles. The zero-order chi connectivity index (χ0) is 17.2. The number of unbranched alkanes of at least 4 members (excludes halogenated alkanes) is 2. The van der Waals surface area contributed by atoms with Crippen LogP contribution in [0.4, 0.5) is 0 Å². The fraction of sp³-hybridized carbons (Fsp3) is 0.571. The normalized spacial score (nSPS) is 21.0. The molecule has 0 spiro atoms. The second-order valence-corrected chi connectivity index (χ2v) is 6.85. The van der Waals surface area contributed by atoms with Crippen molar-refractivity contribution in [2.24, 2.45) is 11.8 Å². The van der Waals surface area contributed by atoms with Crippen LogP contribution in [0.3, 0.4) is 0 Å². The summed E-state index contributed by atoms with van der Waals surface area (Å²) in [6.07, 6.45) is 15.3. The third-order valence-electron chi connectivity index (χ3n) is 4.96. The number of ether oxygens (including phenoxy) is 1. The van der Waals surface area contributed by atoms with Gasteiger partial charge in [-0.1, -0.05) is 44.8 Å². The van der Waals surface area contributed by atoms with Crippen molar-refractivity contribution >= 4 is 5.97 Å². The summed E-state index contributed by atoms with van der Waals surface area (Å²) in [5.41, 5.74) is 0.286. The van der Waals surface area contributed by atoms with Crippen LogP contribution in [0, 0.1) is 11.8 Å². The lowest BCUT2D eigenvalue weighted by atomic mass is 9.79. The number of rotatable bonds is 9. The second kappa shape index (κ2) is 10.2. The monoisotopic (exact) mass is 330 g/mol. The van der Waals surface area contributed by atoms with Crippen molar-refractivity contribution in [3.05, 3.63) is 42.0 Å². The van der Waals surface area contributed by atoms with E-state index in [1.807, 2.05) is 0 Å². The average Bonchev–Trinajstić information content (AvgIpc) is 2.60. The molecule has 1 saturated carbocycles. The minimum absolute atomic E-state index is 0.286. The molecule has 3 nitrogen and oxygen atoms in total. The van der Waals surface area contributed by atoms with Gasteiger partial charge in [0.1, 0.15) is 12.4 Å². The van der Waals surface area contributed by atoms with Crippen LogP contribution in [0.25, 0.3) is 0 Å². The molecule has 0 radical (unpaired) electrons. The van der Waals surface area contributed by atoms with Crippen LogP contribution in [0.15, 0.2) is 36.4 Å². The quantitative estimate of drug-likeness (QED) is 0.466. The smallest absolute Gasteiger partial charge is 0.335 e. The van der Waals surface area contributed by atoms with Gasteiger partial charge in [0, 0.05) is 0 Å². The third-order valence-corrected chi connectivity index (χ3v) is 4.96. The molecule has 3 heteroatoms. The zero-order valence-corrected chi connectivity index (χ0v) is 14.7. The molecule has 132 valence electrons. The van der Waals surface area contributed by atoms with Crippen LogP contribution in [-0.2, 0) is 0 Å². The van der Waals surface area contributed by atoms with Crippen LogP contribution in [-0.4, -0.2) is 17.7 Å². The molecule has 1 aliphatic rings. The Morgan fingerprint density at radius 2 is 1.88 bits per heavy atom. The molecule has 0 aliphatic heterocycles. The predicted octanol–water partition coefficient (Wildman–Crippen LogP) is 5.71. The number of aromatic carboxylic acids is 1. The lowest BCUT2D eigenvalue weighted by molar-refractivity contribution is 0.0697. The van der Waals surface area contributed by atoms with E-state index in [-0.39, 0.29) is 5.56 Å². The first-order valence-electron chi connectivity index (χ1n) is 9.32. The molecule has 1 N–H and O–H groups in total. The van der Waals surface area contributed by atoms with Crippen LogP contribution in [0.2, 0.25) is 0 Å². The van der Waals surface area contributed by atoms with E-state index in [4.69, 9.17) is 9.84 Å². The van der Waals surface area contributed by atoms with Gasteiger partial charge in [-0.25, -0.2) is 4.79 Å². The Balaban J connectivity index is 1.63. The molecule has 24 heavy (non-hydrogen) atoms. The molecule has 0 unspecified atom stereocenters. The van der Waals surface area contributed by atoms with Gasteiger partial charge < -0.3 is 9.84 Å². The van der Waals surface area contributed by atoms with E-state index in [0.29, 0.717) is 18.3 Å². The van der Waals surface area contributed by atoms with Gasteiger partial charge >= 0.3 is 5.97 Å². The molecule has 2 rings (SSSR count). The van der Waals surface area contributed by atoms with Crippen molar-refractivity contribution in [3.63, 3.8) is 0 Å². The number of hydrogen-bond donors (Lipinski definition) is 1. The number of benzene rings is 1. The molecule has 1 aromatic rings. The number of hydrogen-bond acceptors (Lipinski definition) is 2. The molecule has 1 aromatic carbocycles. The van der Waals surface area contributed by atoms with E-state index in [1.54, 1.807) is 24.3 Å². The minimum Gasteiger partial charge on any atom is -0.490 e. The highest BCUT2D eigenvalue weighted by Gasteiger charge is 2.18. The van der Waals surface area contributed by atoms with E-state index >= 15 is 0 Å². The maximum Gasteiger partial charge on any atom is 0.335 e.